The van der Waals surface area contributed by atoms with Gasteiger partial charge in [-0.2, -0.15) is 5.26 Å². The van der Waals surface area contributed by atoms with Crippen LogP contribution in [0.3, 0.4) is 0 Å². The van der Waals surface area contributed by atoms with E-state index in [2.05, 4.69) is 0 Å². The molecule has 0 atom stereocenters. The Bertz CT molecular complexity index is 555. The summed E-state index contributed by atoms with van der Waals surface area (Å²) in [6.45, 7) is 0. The molecule has 3 heteroatoms. The Morgan fingerprint density at radius 2 is 1.75 bits per heavy atom. The topological polar surface area (TPSA) is 44.0 Å². The molecule has 0 aliphatic rings. The Hall–Kier alpha value is -2.34. The molecule has 2 rings (SSSR count). The Morgan fingerprint density at radius 3 is 2.38 bits per heavy atom. The molecule has 0 aliphatic heterocycles. The second kappa shape index (κ2) is 4.03. The van der Waals surface area contributed by atoms with Crippen molar-refractivity contribution in [2.75, 3.05) is 0 Å². The number of nitriles is 1. The van der Waals surface area contributed by atoms with Gasteiger partial charge in [-0.25, -0.2) is 4.39 Å². The molecule has 2 aromatic carbocycles. The first kappa shape index (κ1) is 10.2. The third-order valence-corrected chi connectivity index (χ3v) is 2.28. The van der Waals surface area contributed by atoms with E-state index in [4.69, 9.17) is 5.26 Å². The highest BCUT2D eigenvalue weighted by atomic mass is 19.1. The average molecular weight is 213 g/mol. The lowest BCUT2D eigenvalue weighted by atomic mass is 10.0. The van der Waals surface area contributed by atoms with Crippen LogP contribution < -0.4 is 0 Å². The van der Waals surface area contributed by atoms with Crippen LogP contribution >= 0.6 is 0 Å². The lowest BCUT2D eigenvalue weighted by Gasteiger charge is -2.04. The number of phenols is 1. The van der Waals surface area contributed by atoms with Crippen molar-refractivity contribution in [3.63, 3.8) is 0 Å². The van der Waals surface area contributed by atoms with E-state index < -0.39 is 5.82 Å². The van der Waals surface area contributed by atoms with Crippen LogP contribution in [0.25, 0.3) is 11.1 Å². The number of phenolic OH excluding ortho intramolecular Hbond substituents is 1. The predicted octanol–water partition coefficient (Wildman–Crippen LogP) is 3.07. The second-order valence-electron chi connectivity index (χ2n) is 3.35. The Kier molecular flexibility index (Phi) is 2.57. The summed E-state index contributed by atoms with van der Waals surface area (Å²) in [5.74, 6) is -0.386. The van der Waals surface area contributed by atoms with Gasteiger partial charge in [-0.3, -0.25) is 0 Å². The third kappa shape index (κ3) is 1.86. The summed E-state index contributed by atoms with van der Waals surface area (Å²) in [6.07, 6.45) is 0. The van der Waals surface area contributed by atoms with Gasteiger partial charge in [-0.1, -0.05) is 12.1 Å². The summed E-state index contributed by atoms with van der Waals surface area (Å²) in [5, 5.41) is 18.2. The van der Waals surface area contributed by atoms with E-state index in [-0.39, 0.29) is 5.75 Å². The van der Waals surface area contributed by atoms with Crippen LogP contribution in [0.5, 0.6) is 5.75 Å². The number of hydrogen-bond acceptors (Lipinski definition) is 2. The first-order chi connectivity index (χ1) is 7.70. The second-order valence-corrected chi connectivity index (χ2v) is 3.35. The smallest absolute Gasteiger partial charge is 0.124 e. The number of rotatable bonds is 1. The van der Waals surface area contributed by atoms with Crippen molar-refractivity contribution in [1.82, 2.24) is 0 Å². The van der Waals surface area contributed by atoms with Crippen LogP contribution in [0.1, 0.15) is 5.56 Å². The standard InChI is InChI=1S/C13H8FNO/c14-11-5-6-13(16)12(7-11)10-3-1-9(8-15)2-4-10/h1-7,16H. The van der Waals surface area contributed by atoms with Crippen molar-refractivity contribution in [3.8, 4) is 22.9 Å². The Labute approximate surface area is 92.2 Å². The quantitative estimate of drug-likeness (QED) is 0.791. The molecule has 0 saturated heterocycles. The number of benzene rings is 2. The molecule has 1 N–H and O–H groups in total. The molecule has 0 fully saturated rings. The molecule has 0 radical (unpaired) electrons. The number of hydrogen-bond donors (Lipinski definition) is 1. The SMILES string of the molecule is N#Cc1ccc(-c2cc(F)ccc2O)cc1. The molecule has 0 aliphatic carbocycles. The van der Waals surface area contributed by atoms with Gasteiger partial charge in [0.2, 0.25) is 0 Å². The highest BCUT2D eigenvalue weighted by molar-refractivity contribution is 5.70. The zero-order chi connectivity index (χ0) is 11.5. The fourth-order valence-corrected chi connectivity index (χ4v) is 1.46. The van der Waals surface area contributed by atoms with Crippen molar-refractivity contribution in [3.05, 3.63) is 53.8 Å². The lowest BCUT2D eigenvalue weighted by molar-refractivity contribution is 0.475. The fraction of sp³-hybridized carbons (Fsp3) is 0. The molecule has 2 nitrogen and oxygen atoms in total. The molecule has 0 unspecified atom stereocenters. The van der Waals surface area contributed by atoms with E-state index in [9.17, 15) is 9.50 Å². The maximum Gasteiger partial charge on any atom is 0.124 e. The van der Waals surface area contributed by atoms with Gasteiger partial charge in [0.1, 0.15) is 11.6 Å². The first-order valence-electron chi connectivity index (χ1n) is 4.70. The van der Waals surface area contributed by atoms with Crippen LogP contribution in [-0.4, -0.2) is 5.11 Å². The molecule has 0 heterocycles. The summed E-state index contributed by atoms with van der Waals surface area (Å²) in [6, 6.07) is 12.4. The number of halogens is 1. The summed E-state index contributed by atoms with van der Waals surface area (Å²) < 4.78 is 13.0. The zero-order valence-electron chi connectivity index (χ0n) is 8.31. The summed E-state index contributed by atoms with van der Waals surface area (Å²) >= 11 is 0. The van der Waals surface area contributed by atoms with Crippen LogP contribution in [0.2, 0.25) is 0 Å². The molecule has 78 valence electrons. The van der Waals surface area contributed by atoms with E-state index in [1.165, 1.54) is 18.2 Å². The summed E-state index contributed by atoms with van der Waals surface area (Å²) in [5.41, 5.74) is 1.63. The molecular formula is C13H8FNO. The fourth-order valence-electron chi connectivity index (χ4n) is 1.46. The van der Waals surface area contributed by atoms with Crippen LogP contribution in [0.15, 0.2) is 42.5 Å². The number of aromatic hydroxyl groups is 1. The van der Waals surface area contributed by atoms with Gasteiger partial charge >= 0.3 is 0 Å². The minimum Gasteiger partial charge on any atom is -0.507 e. The van der Waals surface area contributed by atoms with Crippen molar-refractivity contribution in [2.24, 2.45) is 0 Å². The van der Waals surface area contributed by atoms with Gasteiger partial charge in [-0.15, -0.1) is 0 Å². The highest BCUT2D eigenvalue weighted by Crippen LogP contribution is 2.29. The lowest BCUT2D eigenvalue weighted by Crippen LogP contribution is -1.82. The zero-order valence-corrected chi connectivity index (χ0v) is 8.31. The highest BCUT2D eigenvalue weighted by Gasteiger charge is 2.05. The van der Waals surface area contributed by atoms with E-state index in [1.54, 1.807) is 24.3 Å². The van der Waals surface area contributed by atoms with Crippen molar-refractivity contribution < 1.29 is 9.50 Å². The minimum atomic E-state index is -0.405. The molecule has 16 heavy (non-hydrogen) atoms. The minimum absolute atomic E-state index is 0.0195. The maximum absolute atomic E-state index is 13.0. The molecule has 0 amide bonds. The van der Waals surface area contributed by atoms with Crippen LogP contribution in [-0.2, 0) is 0 Å². The van der Waals surface area contributed by atoms with Crippen molar-refractivity contribution in [2.45, 2.75) is 0 Å². The van der Waals surface area contributed by atoms with Gasteiger partial charge in [-0.05, 0) is 35.9 Å². The predicted molar refractivity (Wildman–Crippen MR) is 58.2 cm³/mol. The number of nitrogens with zero attached hydrogens (tertiary/aromatic N) is 1. The third-order valence-electron chi connectivity index (χ3n) is 2.28. The largest absolute Gasteiger partial charge is 0.507 e. The average Bonchev–Trinajstić information content (AvgIpc) is 2.32. The van der Waals surface area contributed by atoms with Gasteiger partial charge in [0.25, 0.3) is 0 Å². The van der Waals surface area contributed by atoms with Crippen molar-refractivity contribution >= 4 is 0 Å². The van der Waals surface area contributed by atoms with Gasteiger partial charge in [0, 0.05) is 5.56 Å². The normalized spacial score (nSPS) is 9.75. The molecule has 0 bridgehead atoms. The van der Waals surface area contributed by atoms with Crippen LogP contribution in [0.4, 0.5) is 4.39 Å². The Balaban J connectivity index is 2.50. The van der Waals surface area contributed by atoms with E-state index >= 15 is 0 Å². The van der Waals surface area contributed by atoms with Gasteiger partial charge in [0.15, 0.2) is 0 Å². The molecule has 0 spiro atoms. The van der Waals surface area contributed by atoms with Gasteiger partial charge < -0.3 is 5.11 Å². The summed E-state index contributed by atoms with van der Waals surface area (Å²) in [7, 11) is 0. The Morgan fingerprint density at radius 1 is 1.06 bits per heavy atom. The van der Waals surface area contributed by atoms with Gasteiger partial charge in [0.05, 0.1) is 11.6 Å². The maximum atomic E-state index is 13.0. The molecule has 0 saturated carbocycles. The van der Waals surface area contributed by atoms with E-state index in [1.807, 2.05) is 6.07 Å². The van der Waals surface area contributed by atoms with Crippen LogP contribution in [0, 0.1) is 17.1 Å². The molecule has 0 aromatic heterocycles. The van der Waals surface area contributed by atoms with E-state index in [0.29, 0.717) is 16.7 Å². The van der Waals surface area contributed by atoms with E-state index in [0.717, 1.165) is 0 Å². The molecular weight excluding hydrogens is 205 g/mol. The van der Waals surface area contributed by atoms with Crippen molar-refractivity contribution in [1.29, 1.82) is 5.26 Å². The summed E-state index contributed by atoms with van der Waals surface area (Å²) in [4.78, 5) is 0. The molecule has 2 aromatic rings. The monoisotopic (exact) mass is 213 g/mol. The first-order valence-corrected chi connectivity index (χ1v) is 4.70.